The monoisotopic (exact) mass is 937 g/mol. The maximum atomic E-state index is 14.5. The van der Waals surface area contributed by atoms with Crippen LogP contribution in [0.1, 0.15) is 116 Å². The summed E-state index contributed by atoms with van der Waals surface area (Å²) in [5.74, 6) is -2.06. The van der Waals surface area contributed by atoms with Gasteiger partial charge in [-0.05, 0) is 129 Å². The maximum Gasteiger partial charge on any atom is 0.436 e. The van der Waals surface area contributed by atoms with Crippen molar-refractivity contribution in [3.8, 4) is 0 Å². The van der Waals surface area contributed by atoms with Crippen LogP contribution in [0, 0.1) is 0 Å². The Labute approximate surface area is 395 Å². The first-order valence-corrected chi connectivity index (χ1v) is 22.7. The SMILES string of the molecule is CCOC(=O)Cc1cc2c(s1)CCN(C(=O)C(Cc1ccc(NC(=O)c3ccccc3)cc1)NC(=O)c1ccc(C(=NC(=O)OC(C)(C)C)N(C(=O)OC(C)(C)C)C(=O)OC(C)(C)C)cc1)C2. The molecule has 6 amide bonds. The lowest BCUT2D eigenvalue weighted by molar-refractivity contribution is -0.142. The van der Waals surface area contributed by atoms with Crippen molar-refractivity contribution in [1.82, 2.24) is 15.1 Å². The van der Waals surface area contributed by atoms with Crippen molar-refractivity contribution in [2.24, 2.45) is 4.99 Å². The van der Waals surface area contributed by atoms with Crippen LogP contribution in [-0.4, -0.2) is 93.6 Å². The fourth-order valence-electron chi connectivity index (χ4n) is 6.69. The number of rotatable bonds is 11. The lowest BCUT2D eigenvalue weighted by Gasteiger charge is -2.31. The molecule has 0 fully saturated rings. The third-order valence-electron chi connectivity index (χ3n) is 9.50. The second-order valence-corrected chi connectivity index (χ2v) is 19.9. The molecule has 0 aliphatic carbocycles. The lowest BCUT2D eigenvalue weighted by Crippen LogP contribution is -2.50. The van der Waals surface area contributed by atoms with Crippen LogP contribution in [0.5, 0.6) is 0 Å². The zero-order valence-electron chi connectivity index (χ0n) is 39.6. The van der Waals surface area contributed by atoms with Crippen molar-refractivity contribution >= 4 is 64.8 Å². The number of benzene rings is 3. The molecule has 1 unspecified atom stereocenters. The minimum atomic E-state index is -1.18. The Morgan fingerprint density at radius 1 is 0.731 bits per heavy atom. The molecular weight excluding hydrogens is 879 g/mol. The molecule has 0 saturated carbocycles. The molecule has 2 heterocycles. The van der Waals surface area contributed by atoms with Crippen LogP contribution < -0.4 is 10.6 Å². The van der Waals surface area contributed by atoms with Gasteiger partial charge >= 0.3 is 24.2 Å². The van der Waals surface area contributed by atoms with Gasteiger partial charge in [0.05, 0.1) is 13.0 Å². The summed E-state index contributed by atoms with van der Waals surface area (Å²) in [6, 6.07) is 22.2. The molecule has 0 radical (unpaired) electrons. The Hall–Kier alpha value is -6.88. The second kappa shape index (κ2) is 21.6. The molecule has 1 aromatic heterocycles. The minimum absolute atomic E-state index is 0.0495. The number of amides is 6. The van der Waals surface area contributed by atoms with Gasteiger partial charge in [-0.2, -0.15) is 9.89 Å². The molecule has 0 spiro atoms. The fraction of sp³-hybridized carbons (Fsp3) is 0.400. The van der Waals surface area contributed by atoms with Crippen LogP contribution in [0.3, 0.4) is 0 Å². The summed E-state index contributed by atoms with van der Waals surface area (Å²) in [6.07, 6.45) is -2.69. The first kappa shape index (κ1) is 51.1. The predicted molar refractivity (Wildman–Crippen MR) is 253 cm³/mol. The van der Waals surface area contributed by atoms with Crippen molar-refractivity contribution in [3.63, 3.8) is 0 Å². The molecule has 0 bridgehead atoms. The van der Waals surface area contributed by atoms with E-state index in [0.717, 1.165) is 15.3 Å². The number of aliphatic imine (C=N–C) groups is 1. The molecule has 4 aromatic rings. The van der Waals surface area contributed by atoms with Crippen LogP contribution in [0.2, 0.25) is 0 Å². The minimum Gasteiger partial charge on any atom is -0.466 e. The maximum absolute atomic E-state index is 14.5. The Bertz CT molecular complexity index is 2450. The van der Waals surface area contributed by atoms with Gasteiger partial charge in [0.1, 0.15) is 22.8 Å². The zero-order valence-corrected chi connectivity index (χ0v) is 40.5. The highest BCUT2D eigenvalue weighted by Crippen LogP contribution is 2.30. The van der Waals surface area contributed by atoms with Gasteiger partial charge in [-0.1, -0.05) is 42.5 Å². The Morgan fingerprint density at radius 3 is 1.87 bits per heavy atom. The zero-order chi connectivity index (χ0) is 49.3. The van der Waals surface area contributed by atoms with Gasteiger partial charge in [0.15, 0.2) is 5.84 Å². The number of esters is 1. The predicted octanol–water partition coefficient (Wildman–Crippen LogP) is 8.89. The number of thiophene rings is 1. The first-order valence-electron chi connectivity index (χ1n) is 21.9. The number of imide groups is 1. The highest BCUT2D eigenvalue weighted by atomic mass is 32.1. The molecule has 1 aliphatic rings. The van der Waals surface area contributed by atoms with E-state index in [0.29, 0.717) is 34.7 Å². The van der Waals surface area contributed by atoms with Crippen LogP contribution in [0.4, 0.5) is 20.1 Å². The van der Waals surface area contributed by atoms with Crippen molar-refractivity contribution in [2.45, 2.75) is 118 Å². The van der Waals surface area contributed by atoms with E-state index < -0.39 is 52.9 Å². The number of fused-ring (bicyclic) bond motifs is 1. The second-order valence-electron chi connectivity index (χ2n) is 18.7. The molecule has 16 nitrogen and oxygen atoms in total. The van der Waals surface area contributed by atoms with E-state index in [-0.39, 0.29) is 54.9 Å². The summed E-state index contributed by atoms with van der Waals surface area (Å²) in [6.45, 7) is 17.2. The number of hydrogen-bond acceptors (Lipinski definition) is 12. The Balaban J connectivity index is 1.45. The summed E-state index contributed by atoms with van der Waals surface area (Å²) in [7, 11) is 0. The quantitative estimate of drug-likeness (QED) is 0.0630. The molecule has 17 heteroatoms. The Kier molecular flexibility index (Phi) is 16.5. The summed E-state index contributed by atoms with van der Waals surface area (Å²) in [5.41, 5.74) is -0.341. The van der Waals surface area contributed by atoms with E-state index in [1.807, 2.05) is 12.1 Å². The number of nitrogens with zero attached hydrogens (tertiary/aromatic N) is 3. The standard InChI is InChI=1S/C50H59N5O11S/c1-11-63-40(56)29-37-28-35-30-54(26-25-39(35)67-37)44(59)38(27-31-17-23-36(24-18-31)51-42(57)33-15-13-12-14-16-33)52-43(58)34-21-19-32(20-22-34)41(53-45(60)64-48(2,3)4)55(46(61)65-49(5,6)7)47(62)66-50(8,9)10/h12-24,28,38H,11,25-27,29-30H2,1-10H3,(H,51,57)(H,52,58). The summed E-state index contributed by atoms with van der Waals surface area (Å²) < 4.78 is 21.7. The summed E-state index contributed by atoms with van der Waals surface area (Å²) in [5, 5.41) is 5.78. The summed E-state index contributed by atoms with van der Waals surface area (Å²) >= 11 is 1.52. The normalized spacial score (nSPS) is 13.3. The molecule has 5 rings (SSSR count). The molecule has 67 heavy (non-hydrogen) atoms. The fourth-order valence-corrected chi connectivity index (χ4v) is 7.84. The van der Waals surface area contributed by atoms with E-state index in [1.54, 1.807) is 123 Å². The molecular formula is C50H59N5O11S. The third kappa shape index (κ3) is 15.3. The number of nitrogens with one attached hydrogen (secondary N) is 2. The van der Waals surface area contributed by atoms with Crippen LogP contribution in [0.25, 0.3) is 0 Å². The topological polar surface area (TPSA) is 199 Å². The van der Waals surface area contributed by atoms with Gasteiger partial charge in [0, 0.05) is 51.6 Å². The van der Waals surface area contributed by atoms with Gasteiger partial charge in [0.2, 0.25) is 5.91 Å². The molecule has 1 atom stereocenters. The van der Waals surface area contributed by atoms with Gasteiger partial charge in [-0.25, -0.2) is 14.4 Å². The van der Waals surface area contributed by atoms with Gasteiger partial charge in [-0.3, -0.25) is 19.2 Å². The highest BCUT2D eigenvalue weighted by Gasteiger charge is 2.37. The van der Waals surface area contributed by atoms with Crippen LogP contribution in [-0.2, 0) is 54.3 Å². The van der Waals surface area contributed by atoms with Crippen molar-refractivity contribution in [1.29, 1.82) is 0 Å². The molecule has 2 N–H and O–H groups in total. The van der Waals surface area contributed by atoms with E-state index >= 15 is 0 Å². The van der Waals surface area contributed by atoms with Crippen molar-refractivity contribution < 1.29 is 52.5 Å². The molecule has 356 valence electrons. The number of amidine groups is 1. The number of anilines is 1. The van der Waals surface area contributed by atoms with Crippen molar-refractivity contribution in [3.05, 3.63) is 123 Å². The first-order chi connectivity index (χ1) is 31.4. The van der Waals surface area contributed by atoms with E-state index in [2.05, 4.69) is 15.6 Å². The van der Waals surface area contributed by atoms with Gasteiger partial charge in [-0.15, -0.1) is 11.3 Å². The van der Waals surface area contributed by atoms with Crippen molar-refractivity contribution in [2.75, 3.05) is 18.5 Å². The lowest BCUT2D eigenvalue weighted by atomic mass is 10.0. The van der Waals surface area contributed by atoms with E-state index in [4.69, 9.17) is 18.9 Å². The molecule has 0 saturated heterocycles. The van der Waals surface area contributed by atoms with E-state index in [1.165, 1.54) is 35.6 Å². The molecule has 1 aliphatic heterocycles. The largest absolute Gasteiger partial charge is 0.466 e. The third-order valence-corrected chi connectivity index (χ3v) is 10.7. The average Bonchev–Trinajstić information content (AvgIpc) is 3.63. The Morgan fingerprint density at radius 2 is 1.30 bits per heavy atom. The summed E-state index contributed by atoms with van der Waals surface area (Å²) in [4.78, 5) is 102. The smallest absolute Gasteiger partial charge is 0.436 e. The van der Waals surface area contributed by atoms with Gasteiger partial charge in [0.25, 0.3) is 11.8 Å². The molecule has 3 aromatic carbocycles. The number of hydrogen-bond donors (Lipinski definition) is 2. The van der Waals surface area contributed by atoms with Gasteiger partial charge < -0.3 is 34.5 Å². The van der Waals surface area contributed by atoms with Crippen LogP contribution in [0.15, 0.2) is 89.9 Å². The van der Waals surface area contributed by atoms with E-state index in [9.17, 15) is 33.6 Å². The number of carbonyl (C=O) groups excluding carboxylic acids is 7. The van der Waals surface area contributed by atoms with Crippen LogP contribution >= 0.6 is 11.3 Å². The average molecular weight is 938 g/mol. The highest BCUT2D eigenvalue weighted by molar-refractivity contribution is 7.12. The number of carbonyl (C=O) groups is 7. The number of ether oxygens (including phenoxy) is 4.